The molecule has 0 radical (unpaired) electrons. The number of hydrogen-bond acceptors (Lipinski definition) is 7. The molecular formula is C17H9Cl2FN8. The molecule has 0 unspecified atom stereocenters. The molecule has 3 heterocycles. The standard InChI is InChI=1S/C17H9Cl2FN8/c18-10-1-8(4-21)2-11(19)16(10)28-6-9-15(27-28)12(20)5-23-17(9)26-14-3-13(22)24-7-25-14/h1-3,5-7H,(H3,22,23,24,25,26). The lowest BCUT2D eigenvalue weighted by molar-refractivity contribution is 0.629. The molecule has 3 aromatic heterocycles. The minimum absolute atomic E-state index is 0.0519. The van der Waals surface area contributed by atoms with Crippen molar-refractivity contribution in [2.45, 2.75) is 0 Å². The van der Waals surface area contributed by atoms with Gasteiger partial charge >= 0.3 is 0 Å². The average Bonchev–Trinajstić information content (AvgIpc) is 3.09. The van der Waals surface area contributed by atoms with E-state index in [1.807, 2.05) is 6.07 Å². The van der Waals surface area contributed by atoms with Crippen LogP contribution in [-0.2, 0) is 0 Å². The van der Waals surface area contributed by atoms with Gasteiger partial charge in [0.2, 0.25) is 0 Å². The van der Waals surface area contributed by atoms with Crippen LogP contribution in [0.25, 0.3) is 16.6 Å². The molecule has 0 saturated heterocycles. The second kappa shape index (κ2) is 6.92. The van der Waals surface area contributed by atoms with Crippen molar-refractivity contribution < 1.29 is 4.39 Å². The van der Waals surface area contributed by atoms with E-state index in [0.29, 0.717) is 28.3 Å². The molecule has 138 valence electrons. The number of nitrogens with one attached hydrogen (secondary N) is 1. The van der Waals surface area contributed by atoms with E-state index in [-0.39, 0.29) is 21.4 Å². The average molecular weight is 415 g/mol. The normalized spacial score (nSPS) is 10.8. The number of pyridine rings is 1. The fourth-order valence-electron chi connectivity index (χ4n) is 2.60. The second-order valence-corrected chi connectivity index (χ2v) is 6.46. The van der Waals surface area contributed by atoms with Crippen LogP contribution in [0.3, 0.4) is 0 Å². The number of halogens is 3. The number of anilines is 3. The van der Waals surface area contributed by atoms with Crippen molar-refractivity contribution in [3.05, 3.63) is 58.3 Å². The van der Waals surface area contributed by atoms with Crippen LogP contribution in [0.5, 0.6) is 0 Å². The first-order valence-electron chi connectivity index (χ1n) is 7.74. The molecule has 28 heavy (non-hydrogen) atoms. The second-order valence-electron chi connectivity index (χ2n) is 5.64. The molecule has 0 spiro atoms. The highest BCUT2D eigenvalue weighted by Gasteiger charge is 2.17. The monoisotopic (exact) mass is 414 g/mol. The maximum absolute atomic E-state index is 14.3. The van der Waals surface area contributed by atoms with E-state index < -0.39 is 5.82 Å². The number of aromatic nitrogens is 5. The Balaban J connectivity index is 1.86. The number of nitrogens with zero attached hydrogens (tertiary/aromatic N) is 6. The highest BCUT2D eigenvalue weighted by molar-refractivity contribution is 6.38. The molecule has 8 nitrogen and oxygen atoms in total. The van der Waals surface area contributed by atoms with E-state index in [1.165, 1.54) is 35.4 Å². The third kappa shape index (κ3) is 3.15. The third-order valence-electron chi connectivity index (χ3n) is 3.81. The van der Waals surface area contributed by atoms with Gasteiger partial charge in [0.25, 0.3) is 0 Å². The molecule has 3 N–H and O–H groups in total. The van der Waals surface area contributed by atoms with Crippen LogP contribution in [-0.4, -0.2) is 24.7 Å². The van der Waals surface area contributed by atoms with Gasteiger partial charge in [0.1, 0.15) is 35.0 Å². The Morgan fingerprint density at radius 3 is 2.57 bits per heavy atom. The van der Waals surface area contributed by atoms with Crippen molar-refractivity contribution in [3.63, 3.8) is 0 Å². The summed E-state index contributed by atoms with van der Waals surface area (Å²) < 4.78 is 15.6. The van der Waals surface area contributed by atoms with Gasteiger partial charge in [-0.2, -0.15) is 10.4 Å². The van der Waals surface area contributed by atoms with Crippen molar-refractivity contribution >= 4 is 51.6 Å². The van der Waals surface area contributed by atoms with Crippen molar-refractivity contribution in [2.75, 3.05) is 11.1 Å². The SMILES string of the molecule is N#Cc1cc(Cl)c(-n2cc3c(Nc4cc(N)ncn4)ncc(F)c3n2)c(Cl)c1. The molecule has 0 aliphatic rings. The number of benzene rings is 1. The predicted octanol–water partition coefficient (Wildman–Crippen LogP) is 3.85. The fourth-order valence-corrected chi connectivity index (χ4v) is 3.26. The van der Waals surface area contributed by atoms with Crippen LogP contribution in [0.2, 0.25) is 10.0 Å². The summed E-state index contributed by atoms with van der Waals surface area (Å²) in [6.07, 6.45) is 3.85. The Morgan fingerprint density at radius 1 is 1.14 bits per heavy atom. The van der Waals surface area contributed by atoms with Gasteiger partial charge in [-0.15, -0.1) is 0 Å². The lowest BCUT2D eigenvalue weighted by atomic mass is 10.2. The lowest BCUT2D eigenvalue weighted by Crippen LogP contribution is -1.99. The Kier molecular flexibility index (Phi) is 4.43. The zero-order valence-corrected chi connectivity index (χ0v) is 15.4. The van der Waals surface area contributed by atoms with Crippen molar-refractivity contribution in [1.82, 2.24) is 24.7 Å². The van der Waals surface area contributed by atoms with E-state index >= 15 is 0 Å². The van der Waals surface area contributed by atoms with Gasteiger partial charge in [-0.1, -0.05) is 23.2 Å². The summed E-state index contributed by atoms with van der Waals surface area (Å²) in [7, 11) is 0. The summed E-state index contributed by atoms with van der Waals surface area (Å²) >= 11 is 12.5. The lowest BCUT2D eigenvalue weighted by Gasteiger charge is -2.07. The third-order valence-corrected chi connectivity index (χ3v) is 4.39. The van der Waals surface area contributed by atoms with Crippen molar-refractivity contribution in [2.24, 2.45) is 0 Å². The Hall–Kier alpha value is -3.48. The van der Waals surface area contributed by atoms with Crippen LogP contribution >= 0.6 is 23.2 Å². The fraction of sp³-hybridized carbons (Fsp3) is 0. The topological polar surface area (TPSA) is 118 Å². The Bertz CT molecular complexity index is 1240. The highest BCUT2D eigenvalue weighted by atomic mass is 35.5. The molecule has 11 heteroatoms. The number of hydrogen-bond donors (Lipinski definition) is 2. The number of nitrogens with two attached hydrogens (primary N) is 1. The first-order valence-corrected chi connectivity index (χ1v) is 8.50. The summed E-state index contributed by atoms with van der Waals surface area (Å²) in [5, 5.41) is 17.0. The largest absolute Gasteiger partial charge is 0.384 e. The highest BCUT2D eigenvalue weighted by Crippen LogP contribution is 2.33. The van der Waals surface area contributed by atoms with Gasteiger partial charge < -0.3 is 11.1 Å². The molecule has 0 atom stereocenters. The number of fused-ring (bicyclic) bond motifs is 1. The van der Waals surface area contributed by atoms with Gasteiger partial charge in [0.05, 0.1) is 33.3 Å². The maximum Gasteiger partial charge on any atom is 0.169 e. The summed E-state index contributed by atoms with van der Waals surface area (Å²) in [6, 6.07) is 6.37. The molecule has 0 amide bonds. The predicted molar refractivity (Wildman–Crippen MR) is 103 cm³/mol. The smallest absolute Gasteiger partial charge is 0.169 e. The summed E-state index contributed by atoms with van der Waals surface area (Å²) in [6.45, 7) is 0. The molecular weight excluding hydrogens is 406 g/mol. The first-order chi connectivity index (χ1) is 13.5. The molecule has 4 aromatic rings. The molecule has 1 aromatic carbocycles. The van der Waals surface area contributed by atoms with Gasteiger partial charge in [-0.25, -0.2) is 24.0 Å². The number of nitrogen functional groups attached to an aromatic ring is 1. The zero-order valence-electron chi connectivity index (χ0n) is 13.9. The van der Waals surface area contributed by atoms with Gasteiger partial charge in [-0.3, -0.25) is 0 Å². The summed E-state index contributed by atoms with van der Waals surface area (Å²) in [4.78, 5) is 11.9. The summed E-state index contributed by atoms with van der Waals surface area (Å²) in [5.74, 6) is 0.335. The molecule has 0 aliphatic carbocycles. The molecule has 0 aliphatic heterocycles. The van der Waals surface area contributed by atoms with Crippen LogP contribution in [0.15, 0.2) is 36.9 Å². The molecule has 0 saturated carbocycles. The summed E-state index contributed by atoms with van der Waals surface area (Å²) in [5.41, 5.74) is 6.31. The van der Waals surface area contributed by atoms with Gasteiger partial charge in [0, 0.05) is 12.3 Å². The van der Waals surface area contributed by atoms with Crippen molar-refractivity contribution in [1.29, 1.82) is 5.26 Å². The number of nitriles is 1. The molecule has 4 rings (SSSR count). The van der Waals surface area contributed by atoms with Gasteiger partial charge in [0.15, 0.2) is 5.82 Å². The Labute approximate surface area is 167 Å². The number of rotatable bonds is 3. The van der Waals surface area contributed by atoms with Crippen LogP contribution in [0.4, 0.5) is 21.8 Å². The minimum Gasteiger partial charge on any atom is -0.384 e. The van der Waals surface area contributed by atoms with Crippen LogP contribution < -0.4 is 11.1 Å². The van der Waals surface area contributed by atoms with E-state index in [9.17, 15) is 4.39 Å². The molecule has 0 fully saturated rings. The van der Waals surface area contributed by atoms with E-state index in [2.05, 4.69) is 25.4 Å². The van der Waals surface area contributed by atoms with E-state index in [0.717, 1.165) is 6.20 Å². The minimum atomic E-state index is -0.623. The van der Waals surface area contributed by atoms with Gasteiger partial charge in [-0.05, 0) is 12.1 Å². The first kappa shape index (κ1) is 17.9. The zero-order chi connectivity index (χ0) is 19.8. The van der Waals surface area contributed by atoms with Crippen LogP contribution in [0, 0.1) is 17.1 Å². The quantitative estimate of drug-likeness (QED) is 0.522. The maximum atomic E-state index is 14.3. The molecule has 0 bridgehead atoms. The van der Waals surface area contributed by atoms with Crippen LogP contribution in [0.1, 0.15) is 5.56 Å². The van der Waals surface area contributed by atoms with E-state index in [1.54, 1.807) is 0 Å². The Morgan fingerprint density at radius 2 is 1.89 bits per heavy atom. The van der Waals surface area contributed by atoms with E-state index in [4.69, 9.17) is 34.2 Å². The van der Waals surface area contributed by atoms with Crippen molar-refractivity contribution in [3.8, 4) is 11.8 Å².